The molecule has 0 spiro atoms. The maximum atomic E-state index is 11.9. The number of anilines is 1. The lowest BCUT2D eigenvalue weighted by Gasteiger charge is -2.28. The molecule has 1 aliphatic rings. The van der Waals surface area contributed by atoms with Crippen molar-refractivity contribution in [3.05, 3.63) is 29.8 Å². The van der Waals surface area contributed by atoms with E-state index in [1.54, 1.807) is 0 Å². The monoisotopic (exact) mass is 305 g/mol. The van der Waals surface area contributed by atoms with Gasteiger partial charge in [-0.15, -0.1) is 0 Å². The van der Waals surface area contributed by atoms with Gasteiger partial charge >= 0.3 is 6.03 Å². The first-order chi connectivity index (χ1) is 10.5. The SMILES string of the molecule is CC(C)Nc1cccc(CNC(=O)NC2CCCCC2O)c1. The van der Waals surface area contributed by atoms with Gasteiger partial charge in [0.1, 0.15) is 0 Å². The number of aliphatic hydroxyl groups is 1. The van der Waals surface area contributed by atoms with Gasteiger partial charge in [-0.05, 0) is 44.4 Å². The predicted octanol–water partition coefficient (Wildman–Crippen LogP) is 2.61. The number of rotatable bonds is 5. The Morgan fingerprint density at radius 3 is 2.82 bits per heavy atom. The number of benzene rings is 1. The molecular weight excluding hydrogens is 278 g/mol. The van der Waals surface area contributed by atoms with Crippen LogP contribution < -0.4 is 16.0 Å². The summed E-state index contributed by atoms with van der Waals surface area (Å²) in [4.78, 5) is 11.9. The number of hydrogen-bond acceptors (Lipinski definition) is 3. The number of urea groups is 1. The first kappa shape index (κ1) is 16.6. The molecule has 2 rings (SSSR count). The third kappa shape index (κ3) is 5.22. The van der Waals surface area contributed by atoms with Crippen LogP contribution in [0.2, 0.25) is 0 Å². The van der Waals surface area contributed by atoms with Gasteiger partial charge in [0.05, 0.1) is 12.1 Å². The molecule has 5 nitrogen and oxygen atoms in total. The molecule has 0 saturated heterocycles. The number of carbonyl (C=O) groups is 1. The Kier molecular flexibility index (Phi) is 6.07. The van der Waals surface area contributed by atoms with E-state index < -0.39 is 6.10 Å². The molecule has 1 aromatic rings. The summed E-state index contributed by atoms with van der Waals surface area (Å²) in [6, 6.07) is 8.05. The Hall–Kier alpha value is -1.75. The van der Waals surface area contributed by atoms with E-state index in [0.717, 1.165) is 36.9 Å². The third-order valence-electron chi connectivity index (χ3n) is 3.88. The van der Waals surface area contributed by atoms with Crippen molar-refractivity contribution < 1.29 is 9.90 Å². The molecule has 2 atom stereocenters. The number of hydrogen-bond donors (Lipinski definition) is 4. The lowest BCUT2D eigenvalue weighted by molar-refractivity contribution is 0.0943. The van der Waals surface area contributed by atoms with Crippen molar-refractivity contribution in [1.29, 1.82) is 0 Å². The average molecular weight is 305 g/mol. The van der Waals surface area contributed by atoms with E-state index in [9.17, 15) is 9.90 Å². The Bertz CT molecular complexity index is 491. The Morgan fingerprint density at radius 2 is 2.09 bits per heavy atom. The zero-order valence-electron chi connectivity index (χ0n) is 13.4. The first-order valence-corrected chi connectivity index (χ1v) is 8.12. The second kappa shape index (κ2) is 8.03. The molecule has 5 heteroatoms. The molecule has 0 radical (unpaired) electrons. The lowest BCUT2D eigenvalue weighted by atomic mass is 9.93. The standard InChI is InChI=1S/C17H27N3O2/c1-12(2)19-14-7-5-6-13(10-14)11-18-17(22)20-15-8-3-4-9-16(15)21/h5-7,10,12,15-16,19,21H,3-4,8-9,11H2,1-2H3,(H2,18,20,22). The van der Waals surface area contributed by atoms with Crippen LogP contribution in [0.25, 0.3) is 0 Å². The van der Waals surface area contributed by atoms with Crippen molar-refractivity contribution in [2.75, 3.05) is 5.32 Å². The minimum atomic E-state index is -0.418. The highest BCUT2D eigenvalue weighted by atomic mass is 16.3. The van der Waals surface area contributed by atoms with E-state index in [-0.39, 0.29) is 12.1 Å². The molecule has 1 saturated carbocycles. The molecule has 0 bridgehead atoms. The minimum Gasteiger partial charge on any atom is -0.391 e. The van der Waals surface area contributed by atoms with Gasteiger partial charge in [-0.3, -0.25) is 0 Å². The predicted molar refractivity (Wildman–Crippen MR) is 88.8 cm³/mol. The van der Waals surface area contributed by atoms with Crippen LogP contribution in [0.5, 0.6) is 0 Å². The fourth-order valence-corrected chi connectivity index (χ4v) is 2.79. The molecule has 0 aliphatic heterocycles. The molecule has 1 aromatic carbocycles. The summed E-state index contributed by atoms with van der Waals surface area (Å²) < 4.78 is 0. The van der Waals surface area contributed by atoms with Gasteiger partial charge in [0, 0.05) is 18.3 Å². The Labute approximate surface area is 132 Å². The molecule has 1 aliphatic carbocycles. The summed E-state index contributed by atoms with van der Waals surface area (Å²) in [7, 11) is 0. The van der Waals surface area contributed by atoms with Gasteiger partial charge in [-0.2, -0.15) is 0 Å². The minimum absolute atomic E-state index is 0.123. The van der Waals surface area contributed by atoms with E-state index in [1.807, 2.05) is 24.3 Å². The van der Waals surface area contributed by atoms with Gasteiger partial charge < -0.3 is 21.1 Å². The van der Waals surface area contributed by atoms with E-state index in [2.05, 4.69) is 29.8 Å². The molecule has 1 fully saturated rings. The van der Waals surface area contributed by atoms with Crippen molar-refractivity contribution in [3.8, 4) is 0 Å². The fourth-order valence-electron chi connectivity index (χ4n) is 2.79. The first-order valence-electron chi connectivity index (χ1n) is 8.12. The van der Waals surface area contributed by atoms with Crippen LogP contribution in [0.15, 0.2) is 24.3 Å². The second-order valence-corrected chi connectivity index (χ2v) is 6.28. The molecular formula is C17H27N3O2. The summed E-state index contributed by atoms with van der Waals surface area (Å²) in [5.74, 6) is 0. The zero-order valence-corrected chi connectivity index (χ0v) is 13.4. The zero-order chi connectivity index (χ0) is 15.9. The third-order valence-corrected chi connectivity index (χ3v) is 3.88. The average Bonchev–Trinajstić information content (AvgIpc) is 2.47. The second-order valence-electron chi connectivity index (χ2n) is 6.28. The molecule has 2 amide bonds. The maximum absolute atomic E-state index is 11.9. The van der Waals surface area contributed by atoms with Gasteiger partial charge in [0.15, 0.2) is 0 Å². The Morgan fingerprint density at radius 1 is 1.32 bits per heavy atom. The van der Waals surface area contributed by atoms with Crippen molar-refractivity contribution in [1.82, 2.24) is 10.6 Å². The van der Waals surface area contributed by atoms with Gasteiger partial charge in [-0.25, -0.2) is 4.79 Å². The highest BCUT2D eigenvalue weighted by Gasteiger charge is 2.24. The fraction of sp³-hybridized carbons (Fsp3) is 0.588. The molecule has 22 heavy (non-hydrogen) atoms. The van der Waals surface area contributed by atoms with Crippen molar-refractivity contribution in [2.45, 2.75) is 64.3 Å². The largest absolute Gasteiger partial charge is 0.391 e. The van der Waals surface area contributed by atoms with Crippen molar-refractivity contribution in [3.63, 3.8) is 0 Å². The summed E-state index contributed by atoms with van der Waals surface area (Å²) in [6.07, 6.45) is 3.30. The number of amides is 2. The van der Waals surface area contributed by atoms with Crippen LogP contribution in [-0.2, 0) is 6.54 Å². The number of carbonyl (C=O) groups excluding carboxylic acids is 1. The molecule has 122 valence electrons. The van der Waals surface area contributed by atoms with Gasteiger partial charge in [-0.1, -0.05) is 25.0 Å². The number of nitrogens with one attached hydrogen (secondary N) is 3. The molecule has 0 aromatic heterocycles. The normalized spacial score (nSPS) is 21.5. The van der Waals surface area contributed by atoms with E-state index in [4.69, 9.17) is 0 Å². The summed E-state index contributed by atoms with van der Waals surface area (Å²) in [6.45, 7) is 4.66. The van der Waals surface area contributed by atoms with E-state index >= 15 is 0 Å². The highest BCUT2D eigenvalue weighted by Crippen LogP contribution is 2.18. The number of aliphatic hydroxyl groups excluding tert-OH is 1. The van der Waals surface area contributed by atoms with E-state index in [1.165, 1.54) is 0 Å². The van der Waals surface area contributed by atoms with Crippen LogP contribution in [0, 0.1) is 0 Å². The van der Waals surface area contributed by atoms with Crippen molar-refractivity contribution in [2.24, 2.45) is 0 Å². The topological polar surface area (TPSA) is 73.4 Å². The molecule has 0 heterocycles. The summed E-state index contributed by atoms with van der Waals surface area (Å²) in [5.41, 5.74) is 2.10. The van der Waals surface area contributed by atoms with Crippen molar-refractivity contribution >= 4 is 11.7 Å². The summed E-state index contributed by atoms with van der Waals surface area (Å²) >= 11 is 0. The van der Waals surface area contributed by atoms with Gasteiger partial charge in [0.25, 0.3) is 0 Å². The van der Waals surface area contributed by atoms with Gasteiger partial charge in [0.2, 0.25) is 0 Å². The highest BCUT2D eigenvalue weighted by molar-refractivity contribution is 5.74. The van der Waals surface area contributed by atoms with Crippen LogP contribution in [0.1, 0.15) is 45.1 Å². The lowest BCUT2D eigenvalue weighted by Crippen LogP contribution is -2.48. The van der Waals surface area contributed by atoms with Crippen LogP contribution in [-0.4, -0.2) is 29.3 Å². The summed E-state index contributed by atoms with van der Waals surface area (Å²) in [5, 5.41) is 18.9. The van der Waals surface area contributed by atoms with Crippen LogP contribution in [0.3, 0.4) is 0 Å². The Balaban J connectivity index is 1.80. The molecule has 4 N–H and O–H groups in total. The van der Waals surface area contributed by atoms with Crippen LogP contribution in [0.4, 0.5) is 10.5 Å². The quantitative estimate of drug-likeness (QED) is 0.675. The molecule has 2 unspecified atom stereocenters. The maximum Gasteiger partial charge on any atom is 0.315 e. The van der Waals surface area contributed by atoms with E-state index in [0.29, 0.717) is 12.6 Å². The van der Waals surface area contributed by atoms with Crippen LogP contribution >= 0.6 is 0 Å². The smallest absolute Gasteiger partial charge is 0.315 e.